The van der Waals surface area contributed by atoms with E-state index in [1.165, 1.54) is 11.1 Å². The number of rotatable bonds is 4. The number of hydrogen-bond donors (Lipinski definition) is 0. The van der Waals surface area contributed by atoms with Crippen LogP contribution in [0.1, 0.15) is 21.5 Å². The van der Waals surface area contributed by atoms with Gasteiger partial charge in [-0.3, -0.25) is 4.79 Å². The van der Waals surface area contributed by atoms with Gasteiger partial charge in [-0.05, 0) is 35.6 Å². The second-order valence-electron chi connectivity index (χ2n) is 5.56. The van der Waals surface area contributed by atoms with Crippen molar-refractivity contribution in [3.63, 3.8) is 0 Å². The summed E-state index contributed by atoms with van der Waals surface area (Å²) >= 11 is 0. The summed E-state index contributed by atoms with van der Waals surface area (Å²) in [5, 5.41) is 2.25. The van der Waals surface area contributed by atoms with Gasteiger partial charge in [-0.2, -0.15) is 0 Å². The van der Waals surface area contributed by atoms with Crippen molar-refractivity contribution in [2.24, 2.45) is 0 Å². The molecule has 2 heteroatoms. The Morgan fingerprint density at radius 1 is 0.739 bits per heavy atom. The molecule has 0 aliphatic rings. The van der Waals surface area contributed by atoms with Crippen molar-refractivity contribution < 1.29 is 4.79 Å². The van der Waals surface area contributed by atoms with Crippen LogP contribution in [0.25, 0.3) is 0 Å². The van der Waals surface area contributed by atoms with Crippen LogP contribution in [0, 0.1) is 13.8 Å². The molecular weight excluding hydrogens is 299 g/mol. The highest BCUT2D eigenvalue weighted by Crippen LogP contribution is 2.39. The molecule has 23 heavy (non-hydrogen) atoms. The van der Waals surface area contributed by atoms with Crippen LogP contribution in [0.4, 0.5) is 0 Å². The summed E-state index contributed by atoms with van der Waals surface area (Å²) in [7, 11) is -1.06. The minimum atomic E-state index is -1.06. The molecule has 0 fully saturated rings. The molecule has 0 aromatic heterocycles. The minimum absolute atomic E-state index is 0.209. The Kier molecular flexibility index (Phi) is 4.69. The number of carbonyl (C=O) groups is 1. The van der Waals surface area contributed by atoms with E-state index in [1.807, 2.05) is 54.6 Å². The van der Waals surface area contributed by atoms with Gasteiger partial charge in [0.2, 0.25) is 0 Å². The Labute approximate surface area is 138 Å². The first kappa shape index (κ1) is 15.6. The lowest BCUT2D eigenvalue weighted by Gasteiger charge is -2.20. The van der Waals surface area contributed by atoms with Crippen molar-refractivity contribution in [3.05, 3.63) is 95.6 Å². The summed E-state index contributed by atoms with van der Waals surface area (Å²) in [6.07, 6.45) is 0. The second-order valence-corrected chi connectivity index (χ2v) is 7.64. The predicted molar refractivity (Wildman–Crippen MR) is 99.3 cm³/mol. The molecule has 0 spiro atoms. The summed E-state index contributed by atoms with van der Waals surface area (Å²) in [4.78, 5) is 13.2. The van der Waals surface area contributed by atoms with E-state index in [-0.39, 0.29) is 5.52 Å². The summed E-state index contributed by atoms with van der Waals surface area (Å²) in [6.45, 7) is 4.21. The fourth-order valence-electron chi connectivity index (χ4n) is 2.63. The third-order valence-electron chi connectivity index (χ3n) is 4.06. The standard InChI is InChI=1S/C21H19OP/c1-16-10-9-15-20(17(16)2)23(19-13-7-4-8-14-19)21(22)18-11-5-3-6-12-18/h3-15H,1-2H3. The van der Waals surface area contributed by atoms with E-state index in [2.05, 4.69) is 38.1 Å². The van der Waals surface area contributed by atoms with E-state index in [0.29, 0.717) is 0 Å². The van der Waals surface area contributed by atoms with E-state index < -0.39 is 7.92 Å². The predicted octanol–water partition coefficient (Wildman–Crippen LogP) is 4.58. The van der Waals surface area contributed by atoms with Crippen LogP contribution in [0.15, 0.2) is 78.9 Å². The van der Waals surface area contributed by atoms with Gasteiger partial charge in [0.15, 0.2) is 5.52 Å². The highest BCUT2D eigenvalue weighted by molar-refractivity contribution is 7.88. The van der Waals surface area contributed by atoms with Crippen LogP contribution >= 0.6 is 7.92 Å². The summed E-state index contributed by atoms with van der Waals surface area (Å²) < 4.78 is 0. The van der Waals surface area contributed by atoms with Gasteiger partial charge in [-0.25, -0.2) is 0 Å². The van der Waals surface area contributed by atoms with E-state index in [9.17, 15) is 4.79 Å². The van der Waals surface area contributed by atoms with E-state index >= 15 is 0 Å². The van der Waals surface area contributed by atoms with Crippen LogP contribution in [-0.2, 0) is 0 Å². The number of benzene rings is 3. The van der Waals surface area contributed by atoms with E-state index in [1.54, 1.807) is 0 Å². The molecule has 114 valence electrons. The Hall–Kier alpha value is -2.24. The van der Waals surface area contributed by atoms with Crippen LogP contribution < -0.4 is 10.6 Å². The quantitative estimate of drug-likeness (QED) is 0.644. The van der Waals surface area contributed by atoms with Gasteiger partial charge in [0, 0.05) is 13.5 Å². The van der Waals surface area contributed by atoms with Crippen molar-refractivity contribution in [3.8, 4) is 0 Å². The Morgan fingerprint density at radius 3 is 2.00 bits per heavy atom. The van der Waals surface area contributed by atoms with Crippen LogP contribution in [-0.4, -0.2) is 5.52 Å². The molecule has 0 amide bonds. The molecule has 0 N–H and O–H groups in total. The van der Waals surface area contributed by atoms with Gasteiger partial charge < -0.3 is 0 Å². The third-order valence-corrected chi connectivity index (χ3v) is 6.50. The fourth-order valence-corrected chi connectivity index (χ4v) is 4.99. The maximum atomic E-state index is 13.2. The molecular formula is C21H19OP. The maximum Gasteiger partial charge on any atom is 0.193 e. The van der Waals surface area contributed by atoms with Crippen molar-refractivity contribution in [1.82, 2.24) is 0 Å². The second kappa shape index (κ2) is 6.89. The smallest absolute Gasteiger partial charge is 0.193 e. The van der Waals surface area contributed by atoms with Gasteiger partial charge in [-0.1, -0.05) is 78.9 Å². The third kappa shape index (κ3) is 3.25. The highest BCUT2D eigenvalue weighted by atomic mass is 31.1. The lowest BCUT2D eigenvalue weighted by molar-refractivity contribution is 0.108. The van der Waals surface area contributed by atoms with Gasteiger partial charge >= 0.3 is 0 Å². The molecule has 3 aromatic rings. The van der Waals surface area contributed by atoms with Crippen molar-refractivity contribution in [1.29, 1.82) is 0 Å². The molecule has 1 unspecified atom stereocenters. The molecule has 0 saturated carbocycles. The average Bonchev–Trinajstić information content (AvgIpc) is 2.60. The molecule has 0 bridgehead atoms. The van der Waals surface area contributed by atoms with E-state index in [0.717, 1.165) is 16.2 Å². The first-order chi connectivity index (χ1) is 11.2. The zero-order valence-electron chi connectivity index (χ0n) is 13.4. The van der Waals surface area contributed by atoms with E-state index in [4.69, 9.17) is 0 Å². The molecule has 3 rings (SSSR count). The fraction of sp³-hybridized carbons (Fsp3) is 0.0952. The Bertz CT molecular complexity index is 810. The molecule has 0 saturated heterocycles. The molecule has 0 radical (unpaired) electrons. The van der Waals surface area contributed by atoms with Gasteiger partial charge in [0.1, 0.15) is 0 Å². The molecule has 1 atom stereocenters. The molecule has 1 nitrogen and oxygen atoms in total. The first-order valence-corrected chi connectivity index (χ1v) is 9.03. The van der Waals surface area contributed by atoms with Gasteiger partial charge in [0.05, 0.1) is 0 Å². The molecule has 0 heterocycles. The minimum Gasteiger partial charge on any atom is -0.288 e. The van der Waals surface area contributed by atoms with Crippen molar-refractivity contribution in [2.45, 2.75) is 13.8 Å². The largest absolute Gasteiger partial charge is 0.288 e. The monoisotopic (exact) mass is 318 g/mol. The number of carbonyl (C=O) groups excluding carboxylic acids is 1. The van der Waals surface area contributed by atoms with Crippen molar-refractivity contribution in [2.75, 3.05) is 0 Å². The maximum absolute atomic E-state index is 13.2. The van der Waals surface area contributed by atoms with Gasteiger partial charge in [0.25, 0.3) is 0 Å². The Morgan fingerprint density at radius 2 is 1.35 bits per heavy atom. The highest BCUT2D eigenvalue weighted by Gasteiger charge is 2.25. The topological polar surface area (TPSA) is 17.1 Å². The molecule has 0 aliphatic carbocycles. The summed E-state index contributed by atoms with van der Waals surface area (Å²) in [5.74, 6) is 0. The lowest BCUT2D eigenvalue weighted by atomic mass is 10.1. The van der Waals surface area contributed by atoms with Crippen LogP contribution in [0.5, 0.6) is 0 Å². The zero-order valence-corrected chi connectivity index (χ0v) is 14.3. The SMILES string of the molecule is Cc1cccc(P(C(=O)c2ccccc2)c2ccccc2)c1C. The Balaban J connectivity index is 2.15. The summed E-state index contributed by atoms with van der Waals surface area (Å²) in [6, 6.07) is 26.0. The average molecular weight is 318 g/mol. The van der Waals surface area contributed by atoms with Gasteiger partial charge in [-0.15, -0.1) is 0 Å². The zero-order chi connectivity index (χ0) is 16.2. The molecule has 3 aromatic carbocycles. The number of aryl methyl sites for hydroxylation is 1. The molecule has 0 aliphatic heterocycles. The lowest BCUT2D eigenvalue weighted by Crippen LogP contribution is -2.20. The normalized spacial score (nSPS) is 11.9. The van der Waals surface area contributed by atoms with Crippen LogP contribution in [0.2, 0.25) is 0 Å². The summed E-state index contributed by atoms with van der Waals surface area (Å²) in [5.41, 5.74) is 3.43. The number of hydrogen-bond acceptors (Lipinski definition) is 1. The first-order valence-electron chi connectivity index (χ1n) is 7.69. The van der Waals surface area contributed by atoms with Crippen molar-refractivity contribution >= 4 is 24.1 Å². The van der Waals surface area contributed by atoms with Crippen LogP contribution in [0.3, 0.4) is 0 Å².